The zero-order chi connectivity index (χ0) is 20.3. The summed E-state index contributed by atoms with van der Waals surface area (Å²) in [6, 6.07) is 9.98. The van der Waals surface area contributed by atoms with Crippen LogP contribution >= 0.6 is 0 Å². The minimum Gasteiger partial charge on any atom is -0.372 e. The fourth-order valence-electron chi connectivity index (χ4n) is 4.62. The van der Waals surface area contributed by atoms with Crippen LogP contribution in [0, 0.1) is 5.41 Å². The Hall–Kier alpha value is -2.41. The number of aromatic nitrogens is 3. The van der Waals surface area contributed by atoms with E-state index < -0.39 is 0 Å². The van der Waals surface area contributed by atoms with Crippen molar-refractivity contribution in [3.8, 4) is 0 Å². The van der Waals surface area contributed by atoms with Crippen molar-refractivity contribution < 1.29 is 9.53 Å². The minimum absolute atomic E-state index is 0.00905. The van der Waals surface area contributed by atoms with Crippen LogP contribution < -0.4 is 5.69 Å². The molecule has 2 aromatic rings. The first-order chi connectivity index (χ1) is 14.1. The van der Waals surface area contributed by atoms with Crippen molar-refractivity contribution in [2.75, 3.05) is 26.3 Å². The molecule has 1 aromatic carbocycles. The molecule has 0 N–H and O–H groups in total. The number of ether oxygens (including phenoxy) is 1. The molecule has 1 amide bonds. The van der Waals surface area contributed by atoms with Crippen LogP contribution in [-0.2, 0) is 29.0 Å². The van der Waals surface area contributed by atoms with Crippen LogP contribution in [0.2, 0.25) is 0 Å². The van der Waals surface area contributed by atoms with Gasteiger partial charge >= 0.3 is 5.69 Å². The summed E-state index contributed by atoms with van der Waals surface area (Å²) in [5.41, 5.74) is 1.29. The van der Waals surface area contributed by atoms with Gasteiger partial charge in [-0.3, -0.25) is 9.36 Å². The maximum absolute atomic E-state index is 12.9. The number of nitrogens with zero attached hydrogens (tertiary/aromatic N) is 4. The lowest BCUT2D eigenvalue weighted by atomic mass is 9.73. The Morgan fingerprint density at radius 3 is 2.55 bits per heavy atom. The number of carbonyl (C=O) groups is 1. The van der Waals surface area contributed by atoms with Gasteiger partial charge in [-0.15, -0.1) is 0 Å². The maximum atomic E-state index is 12.9. The Balaban J connectivity index is 1.39. The van der Waals surface area contributed by atoms with Gasteiger partial charge in [0.05, 0.1) is 6.54 Å². The fraction of sp³-hybridized carbons (Fsp3) is 0.591. The van der Waals surface area contributed by atoms with Gasteiger partial charge in [0, 0.05) is 32.7 Å². The average molecular weight is 399 g/mol. The Morgan fingerprint density at radius 1 is 1.10 bits per heavy atom. The summed E-state index contributed by atoms with van der Waals surface area (Å²) < 4.78 is 8.72. The molecule has 1 saturated heterocycles. The molecular formula is C22H30N4O3. The van der Waals surface area contributed by atoms with E-state index in [9.17, 15) is 9.59 Å². The van der Waals surface area contributed by atoms with E-state index in [0.717, 1.165) is 63.1 Å². The van der Waals surface area contributed by atoms with Gasteiger partial charge in [-0.05, 0) is 43.6 Å². The molecule has 7 nitrogen and oxygen atoms in total. The zero-order valence-corrected chi connectivity index (χ0v) is 17.2. The first-order valence-electron chi connectivity index (χ1n) is 10.7. The van der Waals surface area contributed by atoms with Crippen LogP contribution in [0.3, 0.4) is 0 Å². The highest BCUT2D eigenvalue weighted by Gasteiger charge is 2.37. The standard InChI is InChI=1S/C22H30N4O3/c1-2-29-17-20(27)24-13-10-22(11-14-24)9-8-19-23-26(21(28)25(19)15-12-22)16-18-6-4-3-5-7-18/h3-7H,2,8-17H2,1H3. The van der Waals surface area contributed by atoms with E-state index in [1.807, 2.05) is 46.7 Å². The number of hydrogen-bond acceptors (Lipinski definition) is 4. The summed E-state index contributed by atoms with van der Waals surface area (Å²) in [6.07, 6.45) is 4.82. The number of carbonyl (C=O) groups excluding carboxylic acids is 1. The van der Waals surface area contributed by atoms with Gasteiger partial charge in [-0.1, -0.05) is 30.3 Å². The Morgan fingerprint density at radius 2 is 1.83 bits per heavy atom. The molecule has 2 aliphatic rings. The molecule has 1 fully saturated rings. The summed E-state index contributed by atoms with van der Waals surface area (Å²) in [6.45, 7) is 5.45. The third-order valence-corrected chi connectivity index (χ3v) is 6.53. The Labute approximate surface area is 171 Å². The number of hydrogen-bond donors (Lipinski definition) is 0. The van der Waals surface area contributed by atoms with Gasteiger partial charge in [-0.25, -0.2) is 9.48 Å². The third-order valence-electron chi connectivity index (χ3n) is 6.53. The highest BCUT2D eigenvalue weighted by Crippen LogP contribution is 2.41. The molecule has 4 rings (SSSR count). The van der Waals surface area contributed by atoms with Crippen LogP contribution in [0.4, 0.5) is 0 Å². The smallest absolute Gasteiger partial charge is 0.346 e. The number of likely N-dealkylation sites (tertiary alicyclic amines) is 1. The van der Waals surface area contributed by atoms with Gasteiger partial charge in [0.1, 0.15) is 12.4 Å². The first-order valence-corrected chi connectivity index (χ1v) is 10.7. The lowest BCUT2D eigenvalue weighted by Crippen LogP contribution is -2.44. The van der Waals surface area contributed by atoms with Crippen molar-refractivity contribution in [1.82, 2.24) is 19.2 Å². The summed E-state index contributed by atoms with van der Waals surface area (Å²) in [4.78, 5) is 27.0. The molecule has 0 radical (unpaired) electrons. The average Bonchev–Trinajstić information content (AvgIpc) is 2.93. The molecule has 3 heterocycles. The predicted molar refractivity (Wildman–Crippen MR) is 110 cm³/mol. The van der Waals surface area contributed by atoms with Gasteiger partial charge in [-0.2, -0.15) is 5.10 Å². The highest BCUT2D eigenvalue weighted by atomic mass is 16.5. The molecule has 0 saturated carbocycles. The number of amides is 1. The minimum atomic E-state index is -0.00905. The second-order valence-electron chi connectivity index (χ2n) is 8.26. The summed E-state index contributed by atoms with van der Waals surface area (Å²) in [5.74, 6) is 0.990. The molecular weight excluding hydrogens is 368 g/mol. The fourth-order valence-corrected chi connectivity index (χ4v) is 4.62. The molecule has 1 aromatic heterocycles. The molecule has 0 aliphatic carbocycles. The second kappa shape index (κ2) is 8.53. The molecule has 0 bridgehead atoms. The van der Waals surface area contributed by atoms with Crippen molar-refractivity contribution >= 4 is 5.91 Å². The first kappa shape index (κ1) is 19.9. The van der Waals surface area contributed by atoms with Crippen LogP contribution in [0.15, 0.2) is 35.1 Å². The van der Waals surface area contributed by atoms with Crippen molar-refractivity contribution in [3.63, 3.8) is 0 Å². The molecule has 156 valence electrons. The van der Waals surface area contributed by atoms with E-state index in [2.05, 4.69) is 5.10 Å². The third kappa shape index (κ3) is 4.29. The quantitative estimate of drug-likeness (QED) is 0.773. The van der Waals surface area contributed by atoms with E-state index in [-0.39, 0.29) is 23.6 Å². The predicted octanol–water partition coefficient (Wildman–Crippen LogP) is 2.07. The van der Waals surface area contributed by atoms with Crippen LogP contribution in [0.1, 0.15) is 44.0 Å². The van der Waals surface area contributed by atoms with E-state index >= 15 is 0 Å². The molecule has 0 atom stereocenters. The summed E-state index contributed by atoms with van der Waals surface area (Å²) in [5, 5.41) is 4.65. The molecule has 29 heavy (non-hydrogen) atoms. The van der Waals surface area contributed by atoms with Crippen molar-refractivity contribution in [3.05, 3.63) is 52.2 Å². The topological polar surface area (TPSA) is 69.4 Å². The van der Waals surface area contributed by atoms with E-state index in [1.54, 1.807) is 4.68 Å². The molecule has 0 unspecified atom stereocenters. The Kier molecular flexibility index (Phi) is 5.85. The SMILES string of the molecule is CCOCC(=O)N1CCC2(CCc3nn(Cc4ccccc4)c(=O)n3CC2)CC1. The van der Waals surface area contributed by atoms with Gasteiger partial charge in [0.15, 0.2) is 0 Å². The monoisotopic (exact) mass is 398 g/mol. The molecule has 1 spiro atoms. The molecule has 7 heteroatoms. The lowest BCUT2D eigenvalue weighted by Gasteiger charge is -2.41. The van der Waals surface area contributed by atoms with E-state index in [1.165, 1.54) is 0 Å². The normalized spacial score (nSPS) is 18.4. The van der Waals surface area contributed by atoms with Crippen LogP contribution in [0.25, 0.3) is 0 Å². The maximum Gasteiger partial charge on any atom is 0.346 e. The van der Waals surface area contributed by atoms with Crippen molar-refractivity contribution in [1.29, 1.82) is 0 Å². The van der Waals surface area contributed by atoms with Crippen LogP contribution in [0.5, 0.6) is 0 Å². The van der Waals surface area contributed by atoms with Gasteiger partial charge in [0.25, 0.3) is 0 Å². The highest BCUT2D eigenvalue weighted by molar-refractivity contribution is 5.77. The number of rotatable bonds is 5. The summed E-state index contributed by atoms with van der Waals surface area (Å²) >= 11 is 0. The number of aryl methyl sites for hydroxylation is 1. The van der Waals surface area contributed by atoms with Crippen molar-refractivity contribution in [2.24, 2.45) is 5.41 Å². The van der Waals surface area contributed by atoms with Crippen LogP contribution in [-0.4, -0.2) is 51.5 Å². The number of fused-ring (bicyclic) bond motifs is 1. The number of benzene rings is 1. The van der Waals surface area contributed by atoms with Gasteiger partial charge in [0.2, 0.25) is 5.91 Å². The summed E-state index contributed by atoms with van der Waals surface area (Å²) in [7, 11) is 0. The van der Waals surface area contributed by atoms with Crippen molar-refractivity contribution in [2.45, 2.75) is 52.1 Å². The largest absolute Gasteiger partial charge is 0.372 e. The van der Waals surface area contributed by atoms with E-state index in [0.29, 0.717) is 13.2 Å². The molecule has 2 aliphatic heterocycles. The lowest BCUT2D eigenvalue weighted by molar-refractivity contribution is -0.138. The second-order valence-corrected chi connectivity index (χ2v) is 8.26. The Bertz CT molecular complexity index is 895. The number of piperidine rings is 1. The zero-order valence-electron chi connectivity index (χ0n) is 17.2. The van der Waals surface area contributed by atoms with Gasteiger partial charge < -0.3 is 9.64 Å². The van der Waals surface area contributed by atoms with E-state index in [4.69, 9.17) is 4.74 Å².